The van der Waals surface area contributed by atoms with Gasteiger partial charge in [-0.2, -0.15) is 0 Å². The third-order valence-electron chi connectivity index (χ3n) is 4.18. The molecule has 1 unspecified atom stereocenters. The molecule has 28 heavy (non-hydrogen) atoms. The summed E-state index contributed by atoms with van der Waals surface area (Å²) in [6.45, 7) is 6.28. The molecule has 1 aromatic carbocycles. The molecule has 4 aromatic rings. The van der Waals surface area contributed by atoms with Crippen molar-refractivity contribution >= 4 is 45.3 Å². The molecule has 1 N–H and O–H groups in total. The number of benzene rings is 1. The predicted octanol–water partition coefficient (Wildman–Crippen LogP) is 6.12. The van der Waals surface area contributed by atoms with Gasteiger partial charge < -0.3 is 9.73 Å². The quantitative estimate of drug-likeness (QED) is 0.355. The van der Waals surface area contributed by atoms with Gasteiger partial charge in [-0.05, 0) is 42.8 Å². The number of hydrogen-bond donors (Lipinski definition) is 1. The highest BCUT2D eigenvalue weighted by Gasteiger charge is 2.19. The van der Waals surface area contributed by atoms with Crippen molar-refractivity contribution in [1.82, 2.24) is 20.4 Å². The molecular weight excluding hydrogens is 410 g/mol. The first-order valence-electron chi connectivity index (χ1n) is 8.87. The summed E-state index contributed by atoms with van der Waals surface area (Å²) in [5.41, 5.74) is 3.58. The van der Waals surface area contributed by atoms with Gasteiger partial charge in [0, 0.05) is 5.69 Å². The second kappa shape index (κ2) is 8.42. The fraction of sp³-hybridized carbons (Fsp3) is 0.263. The van der Waals surface area contributed by atoms with Crippen molar-refractivity contribution < 1.29 is 4.42 Å². The number of para-hydroxylation sites is 1. The first-order valence-corrected chi connectivity index (χ1v) is 11.4. The van der Waals surface area contributed by atoms with Gasteiger partial charge in [-0.15, -0.1) is 31.7 Å². The van der Waals surface area contributed by atoms with Crippen molar-refractivity contribution in [2.24, 2.45) is 0 Å². The number of aromatic nitrogens is 4. The molecule has 0 aliphatic carbocycles. The number of nitrogens with one attached hydrogen (secondary N) is 1. The summed E-state index contributed by atoms with van der Waals surface area (Å²) in [6.07, 6.45) is 0.963. The molecule has 144 valence electrons. The van der Waals surface area contributed by atoms with Gasteiger partial charge in [-0.1, -0.05) is 54.3 Å². The molecule has 0 spiro atoms. The van der Waals surface area contributed by atoms with Crippen LogP contribution in [0.1, 0.15) is 36.1 Å². The molecule has 0 aliphatic rings. The van der Waals surface area contributed by atoms with Crippen molar-refractivity contribution in [2.75, 3.05) is 5.32 Å². The van der Waals surface area contributed by atoms with E-state index in [4.69, 9.17) is 4.42 Å². The van der Waals surface area contributed by atoms with Crippen molar-refractivity contribution in [1.29, 1.82) is 0 Å². The normalized spacial score (nSPS) is 12.2. The molecule has 0 bridgehead atoms. The highest BCUT2D eigenvalue weighted by Crippen LogP contribution is 2.38. The minimum Gasteiger partial charge on any atom is -0.419 e. The Kier molecular flexibility index (Phi) is 5.74. The molecular formula is C19H19N5OS3. The second-order valence-electron chi connectivity index (χ2n) is 6.14. The smallest absolute Gasteiger partial charge is 0.257 e. The van der Waals surface area contributed by atoms with E-state index in [0.717, 1.165) is 26.5 Å². The monoisotopic (exact) mass is 429 g/mol. The lowest BCUT2D eigenvalue weighted by atomic mass is 10.1. The van der Waals surface area contributed by atoms with Gasteiger partial charge in [0.25, 0.3) is 5.89 Å². The third-order valence-corrected chi connectivity index (χ3v) is 7.04. The summed E-state index contributed by atoms with van der Waals surface area (Å²) in [5, 5.41) is 23.1. The van der Waals surface area contributed by atoms with E-state index in [-0.39, 0.29) is 5.25 Å². The van der Waals surface area contributed by atoms with Crippen LogP contribution in [0.4, 0.5) is 10.8 Å². The Bertz CT molecular complexity index is 1060. The highest BCUT2D eigenvalue weighted by molar-refractivity contribution is 8.01. The summed E-state index contributed by atoms with van der Waals surface area (Å²) in [7, 11) is 0. The van der Waals surface area contributed by atoms with Crippen LogP contribution in [0.3, 0.4) is 0 Å². The van der Waals surface area contributed by atoms with Crippen molar-refractivity contribution in [3.8, 4) is 10.8 Å². The van der Waals surface area contributed by atoms with Crippen molar-refractivity contribution in [3.63, 3.8) is 0 Å². The number of hydrogen-bond acceptors (Lipinski definition) is 9. The van der Waals surface area contributed by atoms with Crippen molar-refractivity contribution in [2.45, 2.75) is 36.8 Å². The maximum Gasteiger partial charge on any atom is 0.257 e. The van der Waals surface area contributed by atoms with Crippen LogP contribution in [-0.2, 0) is 6.42 Å². The van der Waals surface area contributed by atoms with Crippen LogP contribution >= 0.6 is 34.4 Å². The van der Waals surface area contributed by atoms with E-state index in [0.29, 0.717) is 11.8 Å². The van der Waals surface area contributed by atoms with Crippen LogP contribution in [0, 0.1) is 6.92 Å². The molecule has 0 fully saturated rings. The number of nitrogens with zero attached hydrogens (tertiary/aromatic N) is 4. The van der Waals surface area contributed by atoms with Gasteiger partial charge in [0.05, 0.1) is 10.1 Å². The van der Waals surface area contributed by atoms with Crippen LogP contribution in [0.2, 0.25) is 0 Å². The predicted molar refractivity (Wildman–Crippen MR) is 116 cm³/mol. The topological polar surface area (TPSA) is 76.7 Å². The Morgan fingerprint density at radius 2 is 2.04 bits per heavy atom. The van der Waals surface area contributed by atoms with Gasteiger partial charge in [-0.3, -0.25) is 0 Å². The maximum absolute atomic E-state index is 5.82. The maximum atomic E-state index is 5.82. The minimum atomic E-state index is -0.00771. The zero-order chi connectivity index (χ0) is 19.5. The molecule has 0 saturated carbocycles. The number of rotatable bonds is 7. The molecule has 6 nitrogen and oxygen atoms in total. The van der Waals surface area contributed by atoms with Crippen LogP contribution in [0.5, 0.6) is 0 Å². The van der Waals surface area contributed by atoms with E-state index < -0.39 is 0 Å². The van der Waals surface area contributed by atoms with E-state index in [1.807, 2.05) is 24.4 Å². The summed E-state index contributed by atoms with van der Waals surface area (Å²) in [6, 6.07) is 10.3. The fourth-order valence-electron chi connectivity index (χ4n) is 2.72. The number of aryl methyl sites for hydroxylation is 2. The van der Waals surface area contributed by atoms with Crippen molar-refractivity contribution in [3.05, 3.63) is 52.7 Å². The molecule has 3 aromatic heterocycles. The molecule has 9 heteroatoms. The molecule has 0 amide bonds. The number of anilines is 2. The molecule has 4 rings (SSSR count). The zero-order valence-electron chi connectivity index (χ0n) is 15.7. The highest BCUT2D eigenvalue weighted by atomic mass is 32.2. The van der Waals surface area contributed by atoms with Gasteiger partial charge in [-0.25, -0.2) is 0 Å². The molecule has 1 atom stereocenters. The average Bonchev–Trinajstić information content (AvgIpc) is 3.44. The summed E-state index contributed by atoms with van der Waals surface area (Å²) < 4.78 is 6.68. The lowest BCUT2D eigenvalue weighted by Crippen LogP contribution is -1.97. The fourth-order valence-corrected chi connectivity index (χ4v) is 5.29. The zero-order valence-corrected chi connectivity index (χ0v) is 18.1. The van der Waals surface area contributed by atoms with Crippen LogP contribution in [0.25, 0.3) is 10.8 Å². The summed E-state index contributed by atoms with van der Waals surface area (Å²) >= 11 is 4.67. The van der Waals surface area contributed by atoms with Crippen LogP contribution in [0.15, 0.2) is 44.5 Å². The van der Waals surface area contributed by atoms with Crippen LogP contribution in [-0.4, -0.2) is 20.4 Å². The third kappa shape index (κ3) is 4.11. The summed E-state index contributed by atoms with van der Waals surface area (Å²) in [4.78, 5) is 0.975. The van der Waals surface area contributed by atoms with E-state index in [1.165, 1.54) is 22.5 Å². The Morgan fingerprint density at radius 1 is 1.14 bits per heavy atom. The lowest BCUT2D eigenvalue weighted by Gasteiger charge is -2.11. The van der Waals surface area contributed by atoms with E-state index in [2.05, 4.69) is 57.8 Å². The van der Waals surface area contributed by atoms with E-state index in [1.54, 1.807) is 23.1 Å². The van der Waals surface area contributed by atoms with Crippen LogP contribution < -0.4 is 5.32 Å². The van der Waals surface area contributed by atoms with Gasteiger partial charge in [0.1, 0.15) is 0 Å². The Hall–Kier alpha value is -2.23. The average molecular weight is 430 g/mol. The Labute approximate surface area is 175 Å². The van der Waals surface area contributed by atoms with Gasteiger partial charge >= 0.3 is 0 Å². The first kappa shape index (κ1) is 19.1. The SMILES string of the molecule is CCc1cccc(C)c1Nc1nnc(SC(C)c2nnc(-c3cccs3)o2)s1. The van der Waals surface area contributed by atoms with Gasteiger partial charge in [0.15, 0.2) is 4.34 Å². The number of thiophene rings is 1. The second-order valence-corrected chi connectivity index (χ2v) is 9.66. The molecule has 0 aliphatic heterocycles. The molecule has 0 saturated heterocycles. The van der Waals surface area contributed by atoms with Gasteiger partial charge in [0.2, 0.25) is 11.0 Å². The lowest BCUT2D eigenvalue weighted by molar-refractivity contribution is 0.510. The standard InChI is InChI=1S/C19H19N5OS3/c1-4-13-8-5-7-11(2)15(13)20-18-23-24-19(28-18)27-12(3)16-21-22-17(25-16)14-9-6-10-26-14/h5-10,12H,4H2,1-3H3,(H,20,23). The largest absolute Gasteiger partial charge is 0.419 e. The molecule has 0 radical (unpaired) electrons. The number of thioether (sulfide) groups is 1. The van der Waals surface area contributed by atoms with E-state index in [9.17, 15) is 0 Å². The van der Waals surface area contributed by atoms with E-state index >= 15 is 0 Å². The Morgan fingerprint density at radius 3 is 2.82 bits per heavy atom. The molecule has 3 heterocycles. The minimum absolute atomic E-state index is 0.00771. The first-order chi connectivity index (χ1) is 13.6. The summed E-state index contributed by atoms with van der Waals surface area (Å²) in [5.74, 6) is 1.15. The Balaban J connectivity index is 1.45.